The van der Waals surface area contributed by atoms with Crippen LogP contribution in [0, 0.1) is 25.2 Å². The summed E-state index contributed by atoms with van der Waals surface area (Å²) < 4.78 is 0. The lowest BCUT2D eigenvalue weighted by Crippen LogP contribution is -1.84. The molecule has 0 fully saturated rings. The fraction of sp³-hybridized carbons (Fsp3) is 0.133. The van der Waals surface area contributed by atoms with Gasteiger partial charge in [0.15, 0.2) is 0 Å². The van der Waals surface area contributed by atoms with Gasteiger partial charge in [-0.3, -0.25) is 0 Å². The SMILES string of the molecule is Cc1cc(C)cc(-c2ccc(C#N)cc2O)c1. The van der Waals surface area contributed by atoms with Gasteiger partial charge >= 0.3 is 0 Å². The van der Waals surface area contributed by atoms with Crippen LogP contribution in [-0.2, 0) is 0 Å². The highest BCUT2D eigenvalue weighted by atomic mass is 16.3. The van der Waals surface area contributed by atoms with E-state index in [2.05, 4.69) is 6.07 Å². The fourth-order valence-corrected chi connectivity index (χ4v) is 1.98. The maximum atomic E-state index is 9.91. The fourth-order valence-electron chi connectivity index (χ4n) is 1.98. The van der Waals surface area contributed by atoms with E-state index in [4.69, 9.17) is 5.26 Å². The third-order valence-corrected chi connectivity index (χ3v) is 2.66. The average molecular weight is 223 g/mol. The van der Waals surface area contributed by atoms with Crippen molar-refractivity contribution in [2.24, 2.45) is 0 Å². The number of hydrogen-bond acceptors (Lipinski definition) is 2. The number of aromatic hydroxyl groups is 1. The standard InChI is InChI=1S/C15H13NO/c1-10-5-11(2)7-13(6-10)14-4-3-12(9-16)8-15(14)17/h3-8,17H,1-2H3. The average Bonchev–Trinajstić information content (AvgIpc) is 2.27. The maximum Gasteiger partial charge on any atom is 0.124 e. The normalized spacial score (nSPS) is 9.94. The predicted molar refractivity (Wildman–Crippen MR) is 67.7 cm³/mol. The van der Waals surface area contributed by atoms with E-state index < -0.39 is 0 Å². The van der Waals surface area contributed by atoms with Crippen molar-refractivity contribution in [2.75, 3.05) is 0 Å². The molecule has 0 saturated heterocycles. The molecule has 2 heteroatoms. The molecule has 0 saturated carbocycles. The Kier molecular flexibility index (Phi) is 2.84. The molecule has 0 aliphatic heterocycles. The van der Waals surface area contributed by atoms with Crippen molar-refractivity contribution in [3.8, 4) is 22.9 Å². The highest BCUT2D eigenvalue weighted by Crippen LogP contribution is 2.31. The van der Waals surface area contributed by atoms with E-state index in [0.29, 0.717) is 5.56 Å². The number of phenolic OH excluding ortho intramolecular Hbond substituents is 1. The molecule has 0 spiro atoms. The van der Waals surface area contributed by atoms with Crippen LogP contribution in [0.1, 0.15) is 16.7 Å². The Balaban J connectivity index is 2.57. The first-order chi connectivity index (χ1) is 8.10. The third-order valence-electron chi connectivity index (χ3n) is 2.66. The molecule has 0 aliphatic carbocycles. The smallest absolute Gasteiger partial charge is 0.124 e. The first-order valence-corrected chi connectivity index (χ1v) is 5.42. The third kappa shape index (κ3) is 2.29. The van der Waals surface area contributed by atoms with Crippen LogP contribution in [-0.4, -0.2) is 5.11 Å². The van der Waals surface area contributed by atoms with Crippen molar-refractivity contribution in [1.82, 2.24) is 0 Å². The van der Waals surface area contributed by atoms with Gasteiger partial charge in [-0.1, -0.05) is 29.3 Å². The van der Waals surface area contributed by atoms with Gasteiger partial charge < -0.3 is 5.11 Å². The molecule has 0 radical (unpaired) electrons. The van der Waals surface area contributed by atoms with Crippen LogP contribution in [0.15, 0.2) is 36.4 Å². The van der Waals surface area contributed by atoms with Crippen LogP contribution < -0.4 is 0 Å². The topological polar surface area (TPSA) is 44.0 Å². The molecule has 2 rings (SSSR count). The second-order valence-corrected chi connectivity index (χ2v) is 4.22. The summed E-state index contributed by atoms with van der Waals surface area (Å²) in [4.78, 5) is 0. The summed E-state index contributed by atoms with van der Waals surface area (Å²) in [5, 5.41) is 18.7. The zero-order valence-electron chi connectivity index (χ0n) is 9.86. The minimum Gasteiger partial charge on any atom is -0.507 e. The summed E-state index contributed by atoms with van der Waals surface area (Å²) in [7, 11) is 0. The summed E-state index contributed by atoms with van der Waals surface area (Å²) in [6.07, 6.45) is 0. The second kappa shape index (κ2) is 4.31. The molecule has 84 valence electrons. The molecule has 2 aromatic carbocycles. The molecule has 0 heterocycles. The number of phenols is 1. The monoisotopic (exact) mass is 223 g/mol. The lowest BCUT2D eigenvalue weighted by atomic mass is 9.99. The van der Waals surface area contributed by atoms with E-state index in [0.717, 1.165) is 22.3 Å². The zero-order valence-corrected chi connectivity index (χ0v) is 9.86. The van der Waals surface area contributed by atoms with Crippen molar-refractivity contribution >= 4 is 0 Å². The Morgan fingerprint density at radius 3 is 2.18 bits per heavy atom. The van der Waals surface area contributed by atoms with Crippen molar-refractivity contribution in [2.45, 2.75) is 13.8 Å². The van der Waals surface area contributed by atoms with Crippen LogP contribution in [0.25, 0.3) is 11.1 Å². The summed E-state index contributed by atoms with van der Waals surface area (Å²) in [5.74, 6) is 0.147. The molecule has 0 unspecified atom stereocenters. The molecule has 0 aromatic heterocycles. The van der Waals surface area contributed by atoms with Crippen LogP contribution in [0.5, 0.6) is 5.75 Å². The Labute approximate surface area is 101 Å². The highest BCUT2D eigenvalue weighted by molar-refractivity contribution is 5.72. The van der Waals surface area contributed by atoms with Crippen LogP contribution in [0.3, 0.4) is 0 Å². The minimum absolute atomic E-state index is 0.147. The van der Waals surface area contributed by atoms with E-state index in [-0.39, 0.29) is 5.75 Å². The van der Waals surface area contributed by atoms with E-state index in [1.165, 1.54) is 6.07 Å². The van der Waals surface area contributed by atoms with Gasteiger partial charge in [0.1, 0.15) is 5.75 Å². The second-order valence-electron chi connectivity index (χ2n) is 4.22. The quantitative estimate of drug-likeness (QED) is 0.803. The van der Waals surface area contributed by atoms with Crippen molar-refractivity contribution in [3.63, 3.8) is 0 Å². The van der Waals surface area contributed by atoms with Crippen LogP contribution in [0.4, 0.5) is 0 Å². The number of nitrogens with zero attached hydrogens (tertiary/aromatic N) is 1. The van der Waals surface area contributed by atoms with Gasteiger partial charge in [-0.15, -0.1) is 0 Å². The zero-order chi connectivity index (χ0) is 12.4. The van der Waals surface area contributed by atoms with Gasteiger partial charge in [-0.2, -0.15) is 5.26 Å². The van der Waals surface area contributed by atoms with Gasteiger partial charge in [-0.25, -0.2) is 0 Å². The van der Waals surface area contributed by atoms with Crippen LogP contribution >= 0.6 is 0 Å². The first-order valence-electron chi connectivity index (χ1n) is 5.42. The summed E-state index contributed by atoms with van der Waals surface area (Å²) in [6, 6.07) is 13.1. The molecule has 0 atom stereocenters. The van der Waals surface area contributed by atoms with E-state index in [1.54, 1.807) is 12.1 Å². The molecule has 17 heavy (non-hydrogen) atoms. The molecule has 0 amide bonds. The van der Waals surface area contributed by atoms with Crippen LogP contribution in [0.2, 0.25) is 0 Å². The maximum absolute atomic E-state index is 9.91. The molecule has 0 bridgehead atoms. The van der Waals surface area contributed by atoms with Gasteiger partial charge in [0.25, 0.3) is 0 Å². The number of benzene rings is 2. The number of aryl methyl sites for hydroxylation is 2. The Bertz CT molecular complexity index is 589. The van der Waals surface area contributed by atoms with E-state index in [1.807, 2.05) is 32.0 Å². The number of rotatable bonds is 1. The molecule has 1 N–H and O–H groups in total. The Morgan fingerprint density at radius 2 is 1.65 bits per heavy atom. The molecular formula is C15H13NO. The summed E-state index contributed by atoms with van der Waals surface area (Å²) in [6.45, 7) is 4.05. The molecule has 0 aliphatic rings. The van der Waals surface area contributed by atoms with Gasteiger partial charge in [0.05, 0.1) is 11.6 Å². The largest absolute Gasteiger partial charge is 0.507 e. The Hall–Kier alpha value is -2.27. The summed E-state index contributed by atoms with van der Waals surface area (Å²) >= 11 is 0. The van der Waals surface area contributed by atoms with Gasteiger partial charge in [0, 0.05) is 5.56 Å². The van der Waals surface area contributed by atoms with E-state index in [9.17, 15) is 5.11 Å². The first kappa shape index (κ1) is 11.2. The number of nitriles is 1. The highest BCUT2D eigenvalue weighted by Gasteiger charge is 2.06. The molecular weight excluding hydrogens is 210 g/mol. The predicted octanol–water partition coefficient (Wildman–Crippen LogP) is 3.55. The summed E-state index contributed by atoms with van der Waals surface area (Å²) in [5.41, 5.74) is 4.52. The van der Waals surface area contributed by atoms with Crippen molar-refractivity contribution < 1.29 is 5.11 Å². The number of hydrogen-bond donors (Lipinski definition) is 1. The molecule has 2 aromatic rings. The van der Waals surface area contributed by atoms with Crippen molar-refractivity contribution in [1.29, 1.82) is 5.26 Å². The van der Waals surface area contributed by atoms with Crippen molar-refractivity contribution in [3.05, 3.63) is 53.1 Å². The lowest BCUT2D eigenvalue weighted by Gasteiger charge is -2.07. The van der Waals surface area contributed by atoms with Gasteiger partial charge in [-0.05, 0) is 37.6 Å². The Morgan fingerprint density at radius 1 is 1.00 bits per heavy atom. The lowest BCUT2D eigenvalue weighted by molar-refractivity contribution is 0.477. The molecule has 2 nitrogen and oxygen atoms in total. The van der Waals surface area contributed by atoms with E-state index >= 15 is 0 Å². The minimum atomic E-state index is 0.147. The van der Waals surface area contributed by atoms with Gasteiger partial charge in [0.2, 0.25) is 0 Å².